The fraction of sp³-hybridized carbons (Fsp3) is 0.375. The van der Waals surface area contributed by atoms with Crippen molar-refractivity contribution >= 4 is 12.1 Å². The molecule has 3 fully saturated rings. The maximum absolute atomic E-state index is 13.7. The van der Waals surface area contributed by atoms with E-state index in [0.717, 1.165) is 36.6 Å². The van der Waals surface area contributed by atoms with Crippen molar-refractivity contribution < 1.29 is 18.3 Å². The molecule has 158 valence electrons. The topological polar surface area (TPSA) is 65.7 Å². The van der Waals surface area contributed by atoms with Gasteiger partial charge in [0.1, 0.15) is 17.4 Å². The Balaban J connectivity index is 1.23. The molecule has 7 heteroatoms. The number of carbonyl (C=O) groups is 1. The summed E-state index contributed by atoms with van der Waals surface area (Å²) >= 11 is 0. The predicted molar refractivity (Wildman–Crippen MR) is 109 cm³/mol. The molecule has 2 aromatic carbocycles. The minimum absolute atomic E-state index is 0.0140. The summed E-state index contributed by atoms with van der Waals surface area (Å²) in [5.74, 6) is -0.642. The summed E-state index contributed by atoms with van der Waals surface area (Å²) in [6, 6.07) is 10.3. The van der Waals surface area contributed by atoms with Gasteiger partial charge in [0.2, 0.25) is 5.91 Å². The van der Waals surface area contributed by atoms with E-state index in [9.17, 15) is 13.6 Å². The van der Waals surface area contributed by atoms with Gasteiger partial charge >= 0.3 is 0 Å². The molecule has 1 amide bonds. The first-order chi connectivity index (χ1) is 14.8. The minimum Gasteiger partial charge on any atom is -0.493 e. The molecular weight excluding hydrogens is 400 g/mol. The van der Waals surface area contributed by atoms with Crippen LogP contribution < -0.4 is 4.74 Å². The van der Waals surface area contributed by atoms with Crippen molar-refractivity contribution in [2.24, 2.45) is 15.9 Å². The molecular formula is C24H21F2N3O2. The number of nitriles is 1. The second-order valence-electron chi connectivity index (χ2n) is 9.09. The first-order valence-corrected chi connectivity index (χ1v) is 10.3. The van der Waals surface area contributed by atoms with Gasteiger partial charge in [0.15, 0.2) is 0 Å². The van der Waals surface area contributed by atoms with Crippen molar-refractivity contribution in [1.82, 2.24) is 5.01 Å². The van der Waals surface area contributed by atoms with Crippen molar-refractivity contribution in [1.29, 1.82) is 5.26 Å². The lowest BCUT2D eigenvalue weighted by Crippen LogP contribution is -2.69. The predicted octanol–water partition coefficient (Wildman–Crippen LogP) is 4.65. The molecule has 0 aromatic heterocycles. The third-order valence-corrected chi connectivity index (χ3v) is 6.74. The van der Waals surface area contributed by atoms with Gasteiger partial charge in [-0.1, -0.05) is 0 Å². The molecule has 1 heterocycles. The van der Waals surface area contributed by atoms with Crippen molar-refractivity contribution in [3.8, 4) is 11.8 Å². The Labute approximate surface area is 178 Å². The fourth-order valence-electron chi connectivity index (χ4n) is 5.39. The van der Waals surface area contributed by atoms with Gasteiger partial charge in [0.05, 0.1) is 29.7 Å². The Kier molecular flexibility index (Phi) is 4.37. The van der Waals surface area contributed by atoms with Gasteiger partial charge in [0.25, 0.3) is 0 Å². The Morgan fingerprint density at radius 1 is 1.23 bits per heavy atom. The second-order valence-corrected chi connectivity index (χ2v) is 9.09. The summed E-state index contributed by atoms with van der Waals surface area (Å²) in [6.07, 6.45) is 4.25. The number of amides is 1. The Morgan fingerprint density at radius 3 is 2.58 bits per heavy atom. The summed E-state index contributed by atoms with van der Waals surface area (Å²) < 4.78 is 33.3. The van der Waals surface area contributed by atoms with E-state index >= 15 is 0 Å². The molecule has 0 radical (unpaired) electrons. The molecule has 5 nitrogen and oxygen atoms in total. The van der Waals surface area contributed by atoms with Gasteiger partial charge in [-0.2, -0.15) is 10.4 Å². The fourth-order valence-corrected chi connectivity index (χ4v) is 5.39. The van der Waals surface area contributed by atoms with E-state index in [1.807, 2.05) is 13.0 Å². The monoisotopic (exact) mass is 421 g/mol. The number of hydrazone groups is 1. The third-order valence-electron chi connectivity index (χ3n) is 6.74. The van der Waals surface area contributed by atoms with Crippen LogP contribution in [0.4, 0.5) is 8.78 Å². The average Bonchev–Trinajstić information content (AvgIpc) is 3.15. The van der Waals surface area contributed by atoms with E-state index in [1.54, 1.807) is 18.3 Å². The van der Waals surface area contributed by atoms with Crippen molar-refractivity contribution in [3.05, 3.63) is 64.7 Å². The highest BCUT2D eigenvalue weighted by Crippen LogP contribution is 2.74. The lowest BCUT2D eigenvalue weighted by atomic mass is 9.35. The zero-order valence-electron chi connectivity index (χ0n) is 17.1. The minimum atomic E-state index is -0.658. The van der Waals surface area contributed by atoms with Gasteiger partial charge in [-0.15, -0.1) is 0 Å². The molecule has 3 saturated carbocycles. The number of nitrogens with zero attached hydrogens (tertiary/aromatic N) is 3. The van der Waals surface area contributed by atoms with Crippen LogP contribution in [0, 0.1) is 40.7 Å². The number of aryl methyl sites for hydroxylation is 1. The van der Waals surface area contributed by atoms with E-state index in [4.69, 9.17) is 10.00 Å². The second kappa shape index (κ2) is 6.88. The quantitative estimate of drug-likeness (QED) is 0.706. The molecule has 6 rings (SSSR count). The zero-order chi connectivity index (χ0) is 21.8. The molecule has 4 aliphatic rings. The molecule has 31 heavy (non-hydrogen) atoms. The smallest absolute Gasteiger partial charge is 0.249 e. The summed E-state index contributed by atoms with van der Waals surface area (Å²) in [5, 5.41) is 14.6. The number of rotatable bonds is 5. The Hall–Kier alpha value is -3.27. The normalized spacial score (nSPS) is 27.9. The van der Waals surface area contributed by atoms with Crippen molar-refractivity contribution in [3.63, 3.8) is 0 Å². The summed E-state index contributed by atoms with van der Waals surface area (Å²) in [6.45, 7) is 2.43. The largest absolute Gasteiger partial charge is 0.493 e. The highest BCUT2D eigenvalue weighted by molar-refractivity contribution is 5.88. The number of halogens is 2. The number of carbonyl (C=O) groups excluding carboxylic acids is 1. The third kappa shape index (κ3) is 3.18. The summed E-state index contributed by atoms with van der Waals surface area (Å²) in [5.41, 5.74) is 1.46. The van der Waals surface area contributed by atoms with Crippen LogP contribution in [0.3, 0.4) is 0 Å². The van der Waals surface area contributed by atoms with Crippen LogP contribution in [-0.4, -0.2) is 23.7 Å². The summed E-state index contributed by atoms with van der Waals surface area (Å²) in [7, 11) is 0. The van der Waals surface area contributed by atoms with Crippen LogP contribution in [0.15, 0.2) is 41.5 Å². The molecule has 1 unspecified atom stereocenters. The highest BCUT2D eigenvalue weighted by Gasteiger charge is 2.72. The Morgan fingerprint density at radius 2 is 1.94 bits per heavy atom. The van der Waals surface area contributed by atoms with E-state index in [0.29, 0.717) is 24.2 Å². The van der Waals surface area contributed by atoms with Crippen LogP contribution in [0.25, 0.3) is 0 Å². The first kappa shape index (κ1) is 19.7. The zero-order valence-corrected chi connectivity index (χ0v) is 17.1. The van der Waals surface area contributed by atoms with E-state index < -0.39 is 23.1 Å². The lowest BCUT2D eigenvalue weighted by molar-refractivity contribution is -0.226. The summed E-state index contributed by atoms with van der Waals surface area (Å²) in [4.78, 5) is 13.2. The van der Waals surface area contributed by atoms with E-state index in [1.165, 1.54) is 17.1 Å². The SMILES string of the molecule is Cc1cc(C#N)ccc1OCC12CC(C(=O)N3N=CCC3c3cc(F)cc(F)c3)(C1)C2. The molecule has 0 saturated heterocycles. The standard InChI is InChI=1S/C24H21F2N3O2/c1-15-6-16(10-27)2-3-21(15)31-14-23-11-24(12-23,13-23)22(30)29-20(4-5-28-29)17-7-18(25)9-19(26)8-17/h2-3,5-9,20H,4,11-14H2,1H3. The highest BCUT2D eigenvalue weighted by atomic mass is 19.1. The van der Waals surface area contributed by atoms with Gasteiger partial charge in [0, 0.05) is 24.1 Å². The molecule has 2 aromatic rings. The van der Waals surface area contributed by atoms with E-state index in [2.05, 4.69) is 11.2 Å². The van der Waals surface area contributed by atoms with Crippen LogP contribution in [0.1, 0.15) is 48.4 Å². The number of hydrogen-bond donors (Lipinski definition) is 0. The lowest BCUT2D eigenvalue weighted by Gasteiger charge is -2.69. The van der Waals surface area contributed by atoms with Gasteiger partial charge in [-0.25, -0.2) is 13.8 Å². The van der Waals surface area contributed by atoms with Crippen molar-refractivity contribution in [2.75, 3.05) is 6.61 Å². The first-order valence-electron chi connectivity index (χ1n) is 10.3. The van der Waals surface area contributed by atoms with Gasteiger partial charge in [-0.3, -0.25) is 4.79 Å². The molecule has 2 bridgehead atoms. The van der Waals surface area contributed by atoms with Crippen LogP contribution in [0.2, 0.25) is 0 Å². The number of benzene rings is 2. The van der Waals surface area contributed by atoms with Crippen LogP contribution >= 0.6 is 0 Å². The van der Waals surface area contributed by atoms with Crippen LogP contribution in [-0.2, 0) is 4.79 Å². The molecule has 0 spiro atoms. The van der Waals surface area contributed by atoms with Gasteiger partial charge < -0.3 is 4.74 Å². The van der Waals surface area contributed by atoms with E-state index in [-0.39, 0.29) is 11.3 Å². The molecule has 3 aliphatic carbocycles. The maximum Gasteiger partial charge on any atom is 0.249 e. The van der Waals surface area contributed by atoms with Crippen LogP contribution in [0.5, 0.6) is 5.75 Å². The molecule has 1 aliphatic heterocycles. The average molecular weight is 421 g/mol. The number of ether oxygens (including phenoxy) is 1. The van der Waals surface area contributed by atoms with Gasteiger partial charge in [-0.05, 0) is 67.6 Å². The maximum atomic E-state index is 13.7. The molecule has 1 atom stereocenters. The van der Waals surface area contributed by atoms with Crippen molar-refractivity contribution in [2.45, 2.75) is 38.6 Å². The number of hydrogen-bond acceptors (Lipinski definition) is 4. The Bertz CT molecular complexity index is 1110. The molecule has 0 N–H and O–H groups in total.